The van der Waals surface area contributed by atoms with Gasteiger partial charge in [0.1, 0.15) is 6.33 Å². The summed E-state index contributed by atoms with van der Waals surface area (Å²) in [5.74, 6) is 0.686. The summed E-state index contributed by atoms with van der Waals surface area (Å²) < 4.78 is 1.68. The highest BCUT2D eigenvalue weighted by molar-refractivity contribution is 5.51. The molecule has 1 saturated carbocycles. The van der Waals surface area contributed by atoms with Gasteiger partial charge in [-0.25, -0.2) is 4.68 Å². The van der Waals surface area contributed by atoms with E-state index in [1.165, 1.54) is 19.3 Å². The third-order valence-electron chi connectivity index (χ3n) is 4.51. The molecule has 2 unspecified atom stereocenters. The number of aromatic nitrogens is 4. The van der Waals surface area contributed by atoms with Gasteiger partial charge in [0, 0.05) is 11.7 Å². The summed E-state index contributed by atoms with van der Waals surface area (Å²) in [4.78, 5) is 0. The Labute approximate surface area is 125 Å². The zero-order valence-corrected chi connectivity index (χ0v) is 13.0. The lowest BCUT2D eigenvalue weighted by molar-refractivity contribution is 0.177. The van der Waals surface area contributed by atoms with Crippen LogP contribution in [0.5, 0.6) is 0 Å². The Morgan fingerprint density at radius 3 is 2.90 bits per heavy atom. The molecule has 5 heteroatoms. The van der Waals surface area contributed by atoms with Crippen LogP contribution in [0.25, 0.3) is 5.69 Å². The fourth-order valence-corrected chi connectivity index (χ4v) is 3.39. The van der Waals surface area contributed by atoms with Gasteiger partial charge in [0.05, 0.1) is 5.69 Å². The van der Waals surface area contributed by atoms with Gasteiger partial charge >= 0.3 is 0 Å². The predicted octanol–water partition coefficient (Wildman–Crippen LogP) is 3.29. The van der Waals surface area contributed by atoms with Crippen molar-refractivity contribution in [3.8, 4) is 5.69 Å². The highest BCUT2D eigenvalue weighted by Gasteiger charge is 2.32. The molecule has 0 radical (unpaired) electrons. The number of nitrogens with one attached hydrogen (secondary N) is 1. The number of hydrogen-bond acceptors (Lipinski definition) is 4. The highest BCUT2D eigenvalue weighted by Crippen LogP contribution is 2.39. The Balaban J connectivity index is 1.72. The van der Waals surface area contributed by atoms with Crippen molar-refractivity contribution in [3.05, 3.63) is 30.6 Å². The van der Waals surface area contributed by atoms with Crippen LogP contribution in [-0.4, -0.2) is 26.2 Å². The quantitative estimate of drug-likeness (QED) is 0.940. The van der Waals surface area contributed by atoms with E-state index in [-0.39, 0.29) is 0 Å². The van der Waals surface area contributed by atoms with Crippen molar-refractivity contribution in [2.75, 3.05) is 5.32 Å². The normalized spacial score (nSPS) is 24.7. The van der Waals surface area contributed by atoms with Crippen LogP contribution in [0.1, 0.15) is 40.0 Å². The van der Waals surface area contributed by atoms with Crippen LogP contribution >= 0.6 is 0 Å². The zero-order chi connectivity index (χ0) is 14.9. The van der Waals surface area contributed by atoms with Crippen LogP contribution in [0.2, 0.25) is 0 Å². The molecule has 0 amide bonds. The summed E-state index contributed by atoms with van der Waals surface area (Å²) in [6.07, 6.45) is 5.40. The first-order valence-electron chi connectivity index (χ1n) is 7.63. The van der Waals surface area contributed by atoms with Crippen molar-refractivity contribution in [1.29, 1.82) is 0 Å². The maximum Gasteiger partial charge on any atom is 0.143 e. The standard InChI is InChI=1S/C16H23N5/c1-12-10-16(2,3)8-7-15(12)18-13-5-4-6-14(9-13)21-11-17-19-20-21/h4-6,9,11-12,15,18H,7-8,10H2,1-3H3. The molecule has 0 spiro atoms. The van der Waals surface area contributed by atoms with E-state index in [0.29, 0.717) is 17.4 Å². The van der Waals surface area contributed by atoms with E-state index in [2.05, 4.69) is 53.7 Å². The second-order valence-corrected chi connectivity index (χ2v) is 6.94. The fraction of sp³-hybridized carbons (Fsp3) is 0.562. The van der Waals surface area contributed by atoms with Crippen molar-refractivity contribution >= 4 is 5.69 Å². The molecule has 1 aromatic heterocycles. The van der Waals surface area contributed by atoms with Crippen LogP contribution in [0.3, 0.4) is 0 Å². The average molecular weight is 285 g/mol. The van der Waals surface area contributed by atoms with E-state index in [0.717, 1.165) is 11.4 Å². The first kappa shape index (κ1) is 14.0. The highest BCUT2D eigenvalue weighted by atomic mass is 15.5. The molecule has 5 nitrogen and oxygen atoms in total. The van der Waals surface area contributed by atoms with Crippen LogP contribution in [0.15, 0.2) is 30.6 Å². The van der Waals surface area contributed by atoms with Crippen molar-refractivity contribution in [1.82, 2.24) is 20.2 Å². The van der Waals surface area contributed by atoms with E-state index < -0.39 is 0 Å². The second kappa shape index (κ2) is 5.47. The van der Waals surface area contributed by atoms with Gasteiger partial charge in [-0.1, -0.05) is 26.8 Å². The molecule has 0 bridgehead atoms. The van der Waals surface area contributed by atoms with Crippen molar-refractivity contribution < 1.29 is 0 Å². The summed E-state index contributed by atoms with van der Waals surface area (Å²) in [6.45, 7) is 7.10. The maximum atomic E-state index is 3.94. The molecule has 1 aliphatic carbocycles. The lowest BCUT2D eigenvalue weighted by atomic mass is 9.70. The van der Waals surface area contributed by atoms with Gasteiger partial charge in [-0.15, -0.1) is 5.10 Å². The molecule has 1 heterocycles. The Morgan fingerprint density at radius 2 is 2.19 bits per heavy atom. The van der Waals surface area contributed by atoms with E-state index in [9.17, 15) is 0 Å². The number of anilines is 1. The Morgan fingerprint density at radius 1 is 1.33 bits per heavy atom. The summed E-state index contributed by atoms with van der Waals surface area (Å²) in [6, 6.07) is 8.80. The molecule has 3 rings (SSSR count). The minimum Gasteiger partial charge on any atom is -0.382 e. The van der Waals surface area contributed by atoms with E-state index in [1.807, 2.05) is 12.1 Å². The third-order valence-corrected chi connectivity index (χ3v) is 4.51. The number of hydrogen-bond donors (Lipinski definition) is 1. The van der Waals surface area contributed by atoms with Crippen LogP contribution < -0.4 is 5.32 Å². The summed E-state index contributed by atoms with van der Waals surface area (Å²) >= 11 is 0. The van der Waals surface area contributed by atoms with Gasteiger partial charge in [0.2, 0.25) is 0 Å². The lowest BCUT2D eigenvalue weighted by Crippen LogP contribution is -2.36. The Bertz CT molecular complexity index is 590. The van der Waals surface area contributed by atoms with Gasteiger partial charge in [0.15, 0.2) is 0 Å². The maximum absolute atomic E-state index is 3.94. The van der Waals surface area contributed by atoms with Crippen molar-refractivity contribution in [3.63, 3.8) is 0 Å². The molecule has 0 aliphatic heterocycles. The third kappa shape index (κ3) is 3.23. The van der Waals surface area contributed by atoms with Crippen molar-refractivity contribution in [2.24, 2.45) is 11.3 Å². The molecule has 1 fully saturated rings. The number of benzene rings is 1. The van der Waals surface area contributed by atoms with Gasteiger partial charge < -0.3 is 5.32 Å². The largest absolute Gasteiger partial charge is 0.382 e. The SMILES string of the molecule is CC1CC(C)(C)CCC1Nc1cccc(-n2cnnn2)c1. The molecule has 1 aliphatic rings. The number of tetrazole rings is 1. The Hall–Kier alpha value is -1.91. The molecule has 2 aromatic rings. The first-order chi connectivity index (χ1) is 10.0. The summed E-state index contributed by atoms with van der Waals surface area (Å²) in [7, 11) is 0. The zero-order valence-electron chi connectivity index (χ0n) is 13.0. The summed E-state index contributed by atoms with van der Waals surface area (Å²) in [5, 5.41) is 15.0. The minimum absolute atomic E-state index is 0.478. The Kier molecular flexibility index (Phi) is 3.66. The van der Waals surface area contributed by atoms with E-state index >= 15 is 0 Å². The number of nitrogens with zero attached hydrogens (tertiary/aromatic N) is 4. The average Bonchev–Trinajstić information content (AvgIpc) is 2.96. The topological polar surface area (TPSA) is 55.6 Å². The number of rotatable bonds is 3. The molecule has 1 N–H and O–H groups in total. The second-order valence-electron chi connectivity index (χ2n) is 6.94. The molecule has 1 aromatic carbocycles. The van der Waals surface area contributed by atoms with Crippen molar-refractivity contribution in [2.45, 2.75) is 46.1 Å². The van der Waals surface area contributed by atoms with Crippen LogP contribution in [0.4, 0.5) is 5.69 Å². The van der Waals surface area contributed by atoms with Crippen LogP contribution in [-0.2, 0) is 0 Å². The lowest BCUT2D eigenvalue weighted by Gasteiger charge is -2.40. The van der Waals surface area contributed by atoms with Gasteiger partial charge in [0.25, 0.3) is 0 Å². The van der Waals surface area contributed by atoms with E-state index in [1.54, 1.807) is 11.0 Å². The summed E-state index contributed by atoms with van der Waals surface area (Å²) in [5.41, 5.74) is 2.60. The molecule has 112 valence electrons. The monoisotopic (exact) mass is 285 g/mol. The molecule has 21 heavy (non-hydrogen) atoms. The molecular weight excluding hydrogens is 262 g/mol. The first-order valence-corrected chi connectivity index (χ1v) is 7.63. The predicted molar refractivity (Wildman–Crippen MR) is 83.4 cm³/mol. The van der Waals surface area contributed by atoms with Gasteiger partial charge in [-0.3, -0.25) is 0 Å². The van der Waals surface area contributed by atoms with Gasteiger partial charge in [-0.2, -0.15) is 0 Å². The molecule has 0 saturated heterocycles. The van der Waals surface area contributed by atoms with E-state index in [4.69, 9.17) is 0 Å². The smallest absolute Gasteiger partial charge is 0.143 e. The minimum atomic E-state index is 0.478. The molecule has 2 atom stereocenters. The van der Waals surface area contributed by atoms with Gasteiger partial charge in [-0.05, 0) is 59.2 Å². The fourth-order valence-electron chi connectivity index (χ4n) is 3.39. The van der Waals surface area contributed by atoms with Crippen LogP contribution in [0, 0.1) is 11.3 Å². The molecular formula is C16H23N5.